The molecule has 6 heteroatoms. The van der Waals surface area contributed by atoms with Gasteiger partial charge in [-0.25, -0.2) is 0 Å². The molecular weight excluding hydrogens is 320 g/mol. The van der Waals surface area contributed by atoms with Crippen LogP contribution in [-0.2, 0) is 14.3 Å². The van der Waals surface area contributed by atoms with Gasteiger partial charge in [-0.1, -0.05) is 37.3 Å². The van der Waals surface area contributed by atoms with Crippen molar-refractivity contribution in [2.45, 2.75) is 26.3 Å². The highest BCUT2D eigenvalue weighted by molar-refractivity contribution is 6.00. The third kappa shape index (κ3) is 4.79. The van der Waals surface area contributed by atoms with Gasteiger partial charge in [-0.3, -0.25) is 14.4 Å². The van der Waals surface area contributed by atoms with Crippen molar-refractivity contribution in [1.29, 1.82) is 0 Å². The predicted octanol–water partition coefficient (Wildman–Crippen LogP) is 2.01. The SMILES string of the molecule is CCOC(=O)[C@H](C)C[C@H](NC(=O)c1ccc2ccccc2c1)C(N)=O. The lowest BCUT2D eigenvalue weighted by Crippen LogP contribution is -2.46. The van der Waals surface area contributed by atoms with Gasteiger partial charge in [0, 0.05) is 5.56 Å². The van der Waals surface area contributed by atoms with E-state index in [0.29, 0.717) is 5.56 Å². The zero-order chi connectivity index (χ0) is 18.4. The fraction of sp³-hybridized carbons (Fsp3) is 0.316. The number of benzene rings is 2. The summed E-state index contributed by atoms with van der Waals surface area (Å²) in [6, 6.07) is 12.0. The molecule has 3 N–H and O–H groups in total. The first-order chi connectivity index (χ1) is 11.9. The fourth-order valence-corrected chi connectivity index (χ4v) is 2.55. The van der Waals surface area contributed by atoms with Gasteiger partial charge in [0.25, 0.3) is 5.91 Å². The predicted molar refractivity (Wildman–Crippen MR) is 94.8 cm³/mol. The Labute approximate surface area is 146 Å². The molecule has 0 aliphatic carbocycles. The van der Waals surface area contributed by atoms with Crippen LogP contribution < -0.4 is 11.1 Å². The molecule has 0 aromatic heterocycles. The van der Waals surface area contributed by atoms with Crippen LogP contribution in [0.25, 0.3) is 10.8 Å². The number of esters is 1. The van der Waals surface area contributed by atoms with E-state index in [2.05, 4.69) is 5.32 Å². The third-order valence-corrected chi connectivity index (χ3v) is 3.94. The highest BCUT2D eigenvalue weighted by Gasteiger charge is 2.25. The van der Waals surface area contributed by atoms with E-state index < -0.39 is 29.7 Å². The normalized spacial score (nSPS) is 13.0. The first-order valence-corrected chi connectivity index (χ1v) is 8.18. The van der Waals surface area contributed by atoms with Gasteiger partial charge in [-0.2, -0.15) is 0 Å². The number of rotatable bonds is 7. The summed E-state index contributed by atoms with van der Waals surface area (Å²) >= 11 is 0. The number of ether oxygens (including phenoxy) is 1. The minimum Gasteiger partial charge on any atom is -0.466 e. The van der Waals surface area contributed by atoms with Gasteiger partial charge in [0.1, 0.15) is 6.04 Å². The van der Waals surface area contributed by atoms with Gasteiger partial charge < -0.3 is 15.8 Å². The summed E-state index contributed by atoms with van der Waals surface area (Å²) < 4.78 is 4.92. The standard InChI is InChI=1S/C19H22N2O4/c1-3-25-19(24)12(2)10-16(17(20)22)21-18(23)15-9-8-13-6-4-5-7-14(13)11-15/h4-9,11-12,16H,3,10H2,1-2H3,(H2,20,22)(H,21,23)/t12-,16+/m1/s1. The average molecular weight is 342 g/mol. The van der Waals surface area contributed by atoms with Crippen molar-refractivity contribution in [1.82, 2.24) is 5.32 Å². The number of amides is 2. The van der Waals surface area contributed by atoms with E-state index >= 15 is 0 Å². The Morgan fingerprint density at radius 2 is 1.80 bits per heavy atom. The molecule has 0 bridgehead atoms. The van der Waals surface area contributed by atoms with E-state index in [1.807, 2.05) is 30.3 Å². The quantitative estimate of drug-likeness (QED) is 0.752. The minimum atomic E-state index is -0.946. The van der Waals surface area contributed by atoms with Crippen molar-refractivity contribution in [3.05, 3.63) is 48.0 Å². The Balaban J connectivity index is 2.10. The van der Waals surface area contributed by atoms with Crippen LogP contribution >= 0.6 is 0 Å². The molecule has 2 aromatic carbocycles. The molecule has 0 saturated carbocycles. The lowest BCUT2D eigenvalue weighted by atomic mass is 10.0. The van der Waals surface area contributed by atoms with Crippen molar-refractivity contribution in [2.24, 2.45) is 11.7 Å². The summed E-state index contributed by atoms with van der Waals surface area (Å²) in [5.41, 5.74) is 5.80. The molecule has 25 heavy (non-hydrogen) atoms. The summed E-state index contributed by atoms with van der Waals surface area (Å²) in [6.07, 6.45) is 0.0908. The number of primary amides is 1. The average Bonchev–Trinajstić information content (AvgIpc) is 2.60. The van der Waals surface area contributed by atoms with Crippen LogP contribution in [0.2, 0.25) is 0 Å². The van der Waals surface area contributed by atoms with Crippen LogP contribution in [0.15, 0.2) is 42.5 Å². The van der Waals surface area contributed by atoms with Gasteiger partial charge in [0.15, 0.2) is 0 Å². The van der Waals surface area contributed by atoms with Crippen molar-refractivity contribution in [2.75, 3.05) is 6.61 Å². The number of nitrogens with one attached hydrogen (secondary N) is 1. The van der Waals surface area contributed by atoms with E-state index in [9.17, 15) is 14.4 Å². The summed E-state index contributed by atoms with van der Waals surface area (Å²) in [6.45, 7) is 3.60. The zero-order valence-corrected chi connectivity index (χ0v) is 14.3. The zero-order valence-electron chi connectivity index (χ0n) is 14.3. The molecule has 2 atom stereocenters. The number of carbonyl (C=O) groups excluding carboxylic acids is 3. The van der Waals surface area contributed by atoms with Crippen LogP contribution in [0.1, 0.15) is 30.6 Å². The van der Waals surface area contributed by atoms with Crippen LogP contribution in [0.3, 0.4) is 0 Å². The van der Waals surface area contributed by atoms with Crippen LogP contribution in [-0.4, -0.2) is 30.4 Å². The molecule has 2 rings (SSSR count). The molecule has 0 fully saturated rings. The summed E-state index contributed by atoms with van der Waals surface area (Å²) in [4.78, 5) is 35.8. The maximum atomic E-state index is 12.4. The highest BCUT2D eigenvalue weighted by Crippen LogP contribution is 2.16. The summed E-state index contributed by atoms with van der Waals surface area (Å²) in [7, 11) is 0. The number of nitrogens with two attached hydrogens (primary N) is 1. The number of hydrogen-bond acceptors (Lipinski definition) is 4. The number of fused-ring (bicyclic) bond motifs is 1. The molecule has 2 aromatic rings. The Morgan fingerprint density at radius 1 is 1.12 bits per heavy atom. The van der Waals surface area contributed by atoms with Gasteiger partial charge in [0.05, 0.1) is 12.5 Å². The molecule has 0 aliphatic heterocycles. The molecule has 0 spiro atoms. The second-order valence-electron chi connectivity index (χ2n) is 5.88. The molecule has 0 unspecified atom stereocenters. The van der Waals surface area contributed by atoms with Crippen LogP contribution in [0, 0.1) is 5.92 Å². The fourth-order valence-electron chi connectivity index (χ4n) is 2.55. The topological polar surface area (TPSA) is 98.5 Å². The smallest absolute Gasteiger partial charge is 0.308 e. The third-order valence-electron chi connectivity index (χ3n) is 3.94. The molecule has 0 radical (unpaired) electrons. The summed E-state index contributed by atoms with van der Waals surface area (Å²) in [5.74, 6) is -2.07. The van der Waals surface area contributed by atoms with E-state index in [1.165, 1.54) is 0 Å². The lowest BCUT2D eigenvalue weighted by molar-refractivity contribution is -0.147. The van der Waals surface area contributed by atoms with Gasteiger partial charge in [-0.05, 0) is 36.2 Å². The molecule has 132 valence electrons. The minimum absolute atomic E-state index is 0.0908. The monoisotopic (exact) mass is 342 g/mol. The second-order valence-corrected chi connectivity index (χ2v) is 5.88. The van der Waals surface area contributed by atoms with Gasteiger partial charge in [-0.15, -0.1) is 0 Å². The van der Waals surface area contributed by atoms with Crippen LogP contribution in [0.4, 0.5) is 0 Å². The lowest BCUT2D eigenvalue weighted by Gasteiger charge is -2.19. The summed E-state index contributed by atoms with van der Waals surface area (Å²) in [5, 5.41) is 4.54. The molecule has 0 saturated heterocycles. The number of carbonyl (C=O) groups is 3. The number of hydrogen-bond donors (Lipinski definition) is 2. The molecular formula is C19H22N2O4. The molecule has 0 aliphatic rings. The Hall–Kier alpha value is -2.89. The molecule has 2 amide bonds. The Morgan fingerprint density at radius 3 is 2.44 bits per heavy atom. The van der Waals surface area contributed by atoms with E-state index in [-0.39, 0.29) is 13.0 Å². The Kier molecular flexibility index (Phi) is 6.11. The van der Waals surface area contributed by atoms with Crippen molar-refractivity contribution in [3.8, 4) is 0 Å². The molecule has 0 heterocycles. The largest absolute Gasteiger partial charge is 0.466 e. The maximum Gasteiger partial charge on any atom is 0.308 e. The van der Waals surface area contributed by atoms with Crippen molar-refractivity contribution in [3.63, 3.8) is 0 Å². The van der Waals surface area contributed by atoms with Gasteiger partial charge >= 0.3 is 5.97 Å². The van der Waals surface area contributed by atoms with Gasteiger partial charge in [0.2, 0.25) is 5.91 Å². The van der Waals surface area contributed by atoms with E-state index in [1.54, 1.807) is 26.0 Å². The van der Waals surface area contributed by atoms with E-state index in [4.69, 9.17) is 10.5 Å². The second kappa shape index (κ2) is 8.28. The first-order valence-electron chi connectivity index (χ1n) is 8.18. The molecule has 6 nitrogen and oxygen atoms in total. The van der Waals surface area contributed by atoms with Crippen molar-refractivity contribution >= 4 is 28.6 Å². The Bertz CT molecular complexity index is 788. The van der Waals surface area contributed by atoms with Crippen molar-refractivity contribution < 1.29 is 19.1 Å². The first kappa shape index (κ1) is 18.4. The maximum absolute atomic E-state index is 12.4. The van der Waals surface area contributed by atoms with E-state index in [0.717, 1.165) is 10.8 Å². The highest BCUT2D eigenvalue weighted by atomic mass is 16.5. The van der Waals surface area contributed by atoms with Crippen LogP contribution in [0.5, 0.6) is 0 Å².